The van der Waals surface area contributed by atoms with Gasteiger partial charge in [0.1, 0.15) is 24.0 Å². The van der Waals surface area contributed by atoms with Crippen molar-refractivity contribution in [3.05, 3.63) is 42.2 Å². The minimum Gasteiger partial charge on any atom is -0.368 e. The lowest BCUT2D eigenvalue weighted by molar-refractivity contribution is 0.799. The van der Waals surface area contributed by atoms with Gasteiger partial charge in [0.05, 0.1) is 11.3 Å². The standard InChI is InChI=1S/C17H20N6/c1-22(2)17-9-16(19-12-20-17)21-14-7-8-23(11-14)15-6-4-3-5-13(15)10-18/h3-6,9,12,14H,7-8,11H2,1-2H3,(H,19,20,21). The molecule has 2 heterocycles. The Morgan fingerprint density at radius 3 is 2.91 bits per heavy atom. The van der Waals surface area contributed by atoms with Crippen LogP contribution in [0.1, 0.15) is 12.0 Å². The van der Waals surface area contributed by atoms with Crippen LogP contribution in [0.2, 0.25) is 0 Å². The molecule has 2 aromatic rings. The molecule has 0 saturated carbocycles. The predicted molar refractivity (Wildman–Crippen MR) is 91.8 cm³/mol. The molecule has 0 aliphatic carbocycles. The third kappa shape index (κ3) is 3.34. The van der Waals surface area contributed by atoms with Crippen LogP contribution in [0.4, 0.5) is 17.3 Å². The van der Waals surface area contributed by atoms with Crippen LogP contribution in [0.5, 0.6) is 0 Å². The van der Waals surface area contributed by atoms with Crippen LogP contribution < -0.4 is 15.1 Å². The molecule has 0 bridgehead atoms. The topological polar surface area (TPSA) is 68.1 Å². The minimum atomic E-state index is 0.312. The Hall–Kier alpha value is -2.81. The Morgan fingerprint density at radius 1 is 1.30 bits per heavy atom. The fourth-order valence-corrected chi connectivity index (χ4v) is 2.82. The lowest BCUT2D eigenvalue weighted by Gasteiger charge is -2.20. The summed E-state index contributed by atoms with van der Waals surface area (Å²) in [7, 11) is 3.92. The molecular formula is C17H20N6. The number of benzene rings is 1. The smallest absolute Gasteiger partial charge is 0.133 e. The highest BCUT2D eigenvalue weighted by Crippen LogP contribution is 2.25. The van der Waals surface area contributed by atoms with E-state index in [1.807, 2.05) is 49.3 Å². The van der Waals surface area contributed by atoms with Gasteiger partial charge in [-0.3, -0.25) is 0 Å². The van der Waals surface area contributed by atoms with Gasteiger partial charge in [-0.25, -0.2) is 9.97 Å². The van der Waals surface area contributed by atoms with E-state index in [9.17, 15) is 5.26 Å². The number of para-hydroxylation sites is 1. The van der Waals surface area contributed by atoms with Gasteiger partial charge in [-0.1, -0.05) is 12.1 Å². The van der Waals surface area contributed by atoms with Crippen LogP contribution >= 0.6 is 0 Å². The van der Waals surface area contributed by atoms with E-state index in [1.54, 1.807) is 6.33 Å². The van der Waals surface area contributed by atoms with Crippen LogP contribution in [0.25, 0.3) is 0 Å². The highest BCUT2D eigenvalue weighted by Gasteiger charge is 2.24. The number of nitrogens with zero attached hydrogens (tertiary/aromatic N) is 5. The molecule has 1 atom stereocenters. The Labute approximate surface area is 136 Å². The molecular weight excluding hydrogens is 288 g/mol. The molecule has 6 heteroatoms. The zero-order chi connectivity index (χ0) is 16.2. The molecule has 0 spiro atoms. The number of hydrogen-bond donors (Lipinski definition) is 1. The SMILES string of the molecule is CN(C)c1cc(NC2CCN(c3ccccc3C#N)C2)ncn1. The monoisotopic (exact) mass is 308 g/mol. The van der Waals surface area contributed by atoms with E-state index in [2.05, 4.69) is 26.3 Å². The van der Waals surface area contributed by atoms with Gasteiger partial charge >= 0.3 is 0 Å². The third-order valence-corrected chi connectivity index (χ3v) is 4.02. The minimum absolute atomic E-state index is 0.312. The highest BCUT2D eigenvalue weighted by molar-refractivity contribution is 5.60. The maximum absolute atomic E-state index is 9.25. The molecule has 1 unspecified atom stereocenters. The van der Waals surface area contributed by atoms with E-state index in [0.717, 1.165) is 42.4 Å². The average molecular weight is 308 g/mol. The van der Waals surface area contributed by atoms with Crippen molar-refractivity contribution in [3.63, 3.8) is 0 Å². The molecule has 1 fully saturated rings. The van der Waals surface area contributed by atoms with E-state index in [0.29, 0.717) is 6.04 Å². The summed E-state index contributed by atoms with van der Waals surface area (Å²) in [5.41, 5.74) is 1.74. The molecule has 23 heavy (non-hydrogen) atoms. The number of aromatic nitrogens is 2. The number of rotatable bonds is 4. The van der Waals surface area contributed by atoms with Crippen molar-refractivity contribution in [1.82, 2.24) is 9.97 Å². The second-order valence-corrected chi connectivity index (χ2v) is 5.86. The lowest BCUT2D eigenvalue weighted by Crippen LogP contribution is -2.27. The van der Waals surface area contributed by atoms with Crippen molar-refractivity contribution in [2.75, 3.05) is 42.3 Å². The van der Waals surface area contributed by atoms with Gasteiger partial charge in [0.2, 0.25) is 0 Å². The van der Waals surface area contributed by atoms with Crippen LogP contribution in [0, 0.1) is 11.3 Å². The molecule has 1 aliphatic rings. The first kappa shape index (κ1) is 15.1. The summed E-state index contributed by atoms with van der Waals surface area (Å²) in [6.45, 7) is 1.79. The molecule has 1 aliphatic heterocycles. The van der Waals surface area contributed by atoms with Gasteiger partial charge in [-0.2, -0.15) is 5.26 Å². The molecule has 0 amide bonds. The summed E-state index contributed by atoms with van der Waals surface area (Å²) in [6, 6.07) is 12.3. The van der Waals surface area contributed by atoms with Gasteiger partial charge in [0, 0.05) is 39.3 Å². The normalized spacial score (nSPS) is 16.9. The average Bonchev–Trinajstić information content (AvgIpc) is 3.03. The molecule has 1 aromatic heterocycles. The van der Waals surface area contributed by atoms with Crippen molar-refractivity contribution in [2.24, 2.45) is 0 Å². The zero-order valence-corrected chi connectivity index (χ0v) is 13.4. The molecule has 1 N–H and O–H groups in total. The summed E-state index contributed by atoms with van der Waals surface area (Å²) in [6.07, 6.45) is 2.59. The van der Waals surface area contributed by atoms with E-state index in [1.165, 1.54) is 0 Å². The van der Waals surface area contributed by atoms with E-state index in [4.69, 9.17) is 0 Å². The van der Waals surface area contributed by atoms with Gasteiger partial charge in [0.15, 0.2) is 0 Å². The van der Waals surface area contributed by atoms with Crippen molar-refractivity contribution in [3.8, 4) is 6.07 Å². The molecule has 6 nitrogen and oxygen atoms in total. The molecule has 1 aromatic carbocycles. The molecule has 118 valence electrons. The summed E-state index contributed by atoms with van der Waals surface area (Å²) >= 11 is 0. The maximum atomic E-state index is 9.25. The Morgan fingerprint density at radius 2 is 2.13 bits per heavy atom. The van der Waals surface area contributed by atoms with Gasteiger partial charge < -0.3 is 15.1 Å². The Kier molecular flexibility index (Phi) is 4.29. The van der Waals surface area contributed by atoms with E-state index >= 15 is 0 Å². The van der Waals surface area contributed by atoms with Crippen LogP contribution in [0.3, 0.4) is 0 Å². The van der Waals surface area contributed by atoms with Crippen molar-refractivity contribution >= 4 is 17.3 Å². The van der Waals surface area contributed by atoms with Crippen molar-refractivity contribution in [1.29, 1.82) is 5.26 Å². The van der Waals surface area contributed by atoms with E-state index < -0.39 is 0 Å². The fraction of sp³-hybridized carbons (Fsp3) is 0.353. The van der Waals surface area contributed by atoms with Crippen LogP contribution in [-0.4, -0.2) is 43.2 Å². The zero-order valence-electron chi connectivity index (χ0n) is 13.4. The summed E-state index contributed by atoms with van der Waals surface area (Å²) in [4.78, 5) is 12.7. The first-order valence-electron chi connectivity index (χ1n) is 7.67. The molecule has 1 saturated heterocycles. The first-order chi connectivity index (χ1) is 11.2. The first-order valence-corrected chi connectivity index (χ1v) is 7.67. The second kappa shape index (κ2) is 6.53. The Bertz CT molecular complexity index is 721. The van der Waals surface area contributed by atoms with Crippen LogP contribution in [0.15, 0.2) is 36.7 Å². The second-order valence-electron chi connectivity index (χ2n) is 5.86. The lowest BCUT2D eigenvalue weighted by atomic mass is 10.2. The number of anilines is 3. The van der Waals surface area contributed by atoms with E-state index in [-0.39, 0.29) is 0 Å². The predicted octanol–water partition coefficient (Wildman–Crippen LogP) is 2.11. The maximum Gasteiger partial charge on any atom is 0.133 e. The van der Waals surface area contributed by atoms with Crippen molar-refractivity contribution < 1.29 is 0 Å². The van der Waals surface area contributed by atoms with Gasteiger partial charge in [0.25, 0.3) is 0 Å². The van der Waals surface area contributed by atoms with Gasteiger partial charge in [-0.15, -0.1) is 0 Å². The number of nitriles is 1. The van der Waals surface area contributed by atoms with Crippen molar-refractivity contribution in [2.45, 2.75) is 12.5 Å². The Balaban J connectivity index is 1.69. The quantitative estimate of drug-likeness (QED) is 0.933. The van der Waals surface area contributed by atoms with Crippen LogP contribution in [-0.2, 0) is 0 Å². The number of hydrogen-bond acceptors (Lipinski definition) is 6. The summed E-state index contributed by atoms with van der Waals surface area (Å²) < 4.78 is 0. The summed E-state index contributed by atoms with van der Waals surface area (Å²) in [5.74, 6) is 1.72. The highest BCUT2D eigenvalue weighted by atomic mass is 15.2. The largest absolute Gasteiger partial charge is 0.368 e. The summed E-state index contributed by atoms with van der Waals surface area (Å²) in [5, 5.41) is 12.7. The number of nitrogens with one attached hydrogen (secondary N) is 1. The molecule has 3 rings (SSSR count). The third-order valence-electron chi connectivity index (χ3n) is 4.02. The fourth-order valence-electron chi connectivity index (χ4n) is 2.82. The molecule has 0 radical (unpaired) electrons. The van der Waals surface area contributed by atoms with Gasteiger partial charge in [-0.05, 0) is 18.6 Å².